The van der Waals surface area contributed by atoms with Gasteiger partial charge in [0.1, 0.15) is 17.5 Å². The van der Waals surface area contributed by atoms with E-state index in [-0.39, 0.29) is 24.0 Å². The summed E-state index contributed by atoms with van der Waals surface area (Å²) in [4.78, 5) is 50.0. The van der Waals surface area contributed by atoms with Crippen molar-refractivity contribution in [2.24, 2.45) is 5.92 Å². The number of pyridine rings is 1. The predicted molar refractivity (Wildman–Crippen MR) is 219 cm³/mol. The Balaban J connectivity index is 0.812. The number of carbonyl (C=O) groups excluding carboxylic acids is 3. The Morgan fingerprint density at radius 2 is 1.44 bits per heavy atom. The minimum atomic E-state index is -4.51. The molecule has 3 fully saturated rings. The van der Waals surface area contributed by atoms with Crippen LogP contribution >= 0.6 is 0 Å². The van der Waals surface area contributed by atoms with Crippen LogP contribution in [-0.2, 0) is 28.7 Å². The molecule has 1 aliphatic carbocycles. The summed E-state index contributed by atoms with van der Waals surface area (Å²) in [7, 11) is 0. The van der Waals surface area contributed by atoms with Crippen LogP contribution < -0.4 is 15.1 Å². The highest BCUT2D eigenvalue weighted by Crippen LogP contribution is 2.42. The van der Waals surface area contributed by atoms with E-state index in [0.717, 1.165) is 122 Å². The van der Waals surface area contributed by atoms with Gasteiger partial charge >= 0.3 is 6.18 Å². The molecule has 3 amide bonds. The third-order valence-corrected chi connectivity index (χ3v) is 12.8. The van der Waals surface area contributed by atoms with E-state index in [0.29, 0.717) is 36.4 Å². The van der Waals surface area contributed by atoms with Gasteiger partial charge in [-0.25, -0.2) is 0 Å². The molecule has 5 heterocycles. The highest BCUT2D eigenvalue weighted by molar-refractivity contribution is 6.05. The first kappa shape index (κ1) is 38.8. The number of phenolic OH excluding ortho intramolecular Hbond substituents is 1. The first-order valence-corrected chi connectivity index (χ1v) is 20.7. The molecular formula is C46H47F3N6O4. The Hall–Kier alpha value is -5.69. The number of rotatable bonds is 7. The van der Waals surface area contributed by atoms with Gasteiger partial charge in [0, 0.05) is 81.9 Å². The van der Waals surface area contributed by atoms with E-state index in [1.807, 2.05) is 18.2 Å². The summed E-state index contributed by atoms with van der Waals surface area (Å²) in [5.74, 6) is -0.0385. The number of amides is 3. The molecule has 0 saturated carbocycles. The van der Waals surface area contributed by atoms with Gasteiger partial charge in [0.25, 0.3) is 5.91 Å². The second-order valence-corrected chi connectivity index (χ2v) is 16.5. The highest BCUT2D eigenvalue weighted by Gasteiger charge is 2.39. The maximum atomic E-state index is 13.4. The van der Waals surface area contributed by atoms with Crippen LogP contribution in [0.2, 0.25) is 0 Å². The summed E-state index contributed by atoms with van der Waals surface area (Å²) in [6.07, 6.45) is 1.83. The molecule has 13 heteroatoms. The van der Waals surface area contributed by atoms with Gasteiger partial charge in [0.2, 0.25) is 11.8 Å². The molecule has 10 nitrogen and oxygen atoms in total. The standard InChI is InChI=1S/C46H47F3N6O4/c47-46(48,49)41-14-6-32(26-50-41)37-3-1-2-31-25-36(56)10-12-38(31)43(37)30-4-7-34(8-5-30)53-18-16-29(17-19-53)27-52-20-22-54(23-21-52)35-9-11-39-33(24-35)28-55(45(39)59)40-13-15-42(57)51-44(40)58/h4-12,14,24-26,29,40,56H,1-3,13,15-23,27-28H2,(H,51,57,58). The first-order valence-electron chi connectivity index (χ1n) is 20.7. The van der Waals surface area contributed by atoms with Crippen molar-refractivity contribution < 1.29 is 32.7 Å². The average Bonchev–Trinajstić information content (AvgIpc) is 3.43. The van der Waals surface area contributed by atoms with Crippen LogP contribution in [0.5, 0.6) is 5.75 Å². The Bertz CT molecular complexity index is 2290. The lowest BCUT2D eigenvalue weighted by Crippen LogP contribution is -2.52. The Labute approximate surface area is 341 Å². The van der Waals surface area contributed by atoms with Gasteiger partial charge < -0.3 is 19.8 Å². The quantitative estimate of drug-likeness (QED) is 0.195. The van der Waals surface area contributed by atoms with Gasteiger partial charge in [-0.1, -0.05) is 24.3 Å². The van der Waals surface area contributed by atoms with Gasteiger partial charge in [-0.05, 0) is 132 Å². The van der Waals surface area contributed by atoms with E-state index in [2.05, 4.69) is 55.3 Å². The third kappa shape index (κ3) is 7.92. The van der Waals surface area contributed by atoms with Crippen molar-refractivity contribution in [1.29, 1.82) is 0 Å². The molecule has 1 unspecified atom stereocenters. The monoisotopic (exact) mass is 804 g/mol. The molecule has 1 atom stereocenters. The molecule has 9 rings (SSSR count). The molecule has 306 valence electrons. The number of nitrogens with zero attached hydrogens (tertiary/aromatic N) is 5. The van der Waals surface area contributed by atoms with E-state index < -0.39 is 23.8 Å². The van der Waals surface area contributed by atoms with Gasteiger partial charge in [0.05, 0.1) is 0 Å². The maximum absolute atomic E-state index is 13.4. The predicted octanol–water partition coefficient (Wildman–Crippen LogP) is 6.90. The molecule has 2 N–H and O–H groups in total. The topological polar surface area (TPSA) is 109 Å². The number of fused-ring (bicyclic) bond motifs is 2. The zero-order valence-electron chi connectivity index (χ0n) is 32.8. The lowest BCUT2D eigenvalue weighted by Gasteiger charge is -2.40. The number of hydrogen-bond donors (Lipinski definition) is 2. The number of halogens is 3. The molecule has 59 heavy (non-hydrogen) atoms. The fourth-order valence-corrected chi connectivity index (χ4v) is 9.66. The largest absolute Gasteiger partial charge is 0.508 e. The SMILES string of the molecule is O=C1CCC(N2Cc3cc(N4CCN(CC5CCN(c6ccc(C7=C(c8ccc(C(F)(F)F)nc8)CCCc8cc(O)ccc87)cc6)CC5)CC4)ccc3C2=O)C(=O)N1. The van der Waals surface area contributed by atoms with Gasteiger partial charge in [-0.2, -0.15) is 13.2 Å². The van der Waals surface area contributed by atoms with Crippen molar-refractivity contribution in [3.63, 3.8) is 0 Å². The first-order chi connectivity index (χ1) is 28.5. The molecule has 5 aliphatic rings. The number of piperidine rings is 2. The molecule has 4 aromatic rings. The van der Waals surface area contributed by atoms with E-state index in [4.69, 9.17) is 0 Å². The van der Waals surface area contributed by atoms with Crippen molar-refractivity contribution in [2.45, 2.75) is 63.7 Å². The van der Waals surface area contributed by atoms with E-state index in [9.17, 15) is 32.7 Å². The van der Waals surface area contributed by atoms with E-state index in [1.54, 1.807) is 17.0 Å². The number of imide groups is 1. The minimum absolute atomic E-state index is 0.151. The Morgan fingerprint density at radius 3 is 2.15 bits per heavy atom. The van der Waals surface area contributed by atoms with Crippen LogP contribution in [0.1, 0.15) is 82.4 Å². The van der Waals surface area contributed by atoms with Crippen molar-refractivity contribution in [3.8, 4) is 5.75 Å². The molecule has 3 aromatic carbocycles. The summed E-state index contributed by atoms with van der Waals surface area (Å²) < 4.78 is 40.1. The molecule has 1 aromatic heterocycles. The van der Waals surface area contributed by atoms with Crippen LogP contribution in [0, 0.1) is 5.92 Å². The smallest absolute Gasteiger partial charge is 0.433 e. The Kier molecular flexibility index (Phi) is 10.4. The second kappa shape index (κ2) is 15.8. The number of benzene rings is 3. The minimum Gasteiger partial charge on any atom is -0.508 e. The normalized spacial score (nSPS) is 20.8. The lowest BCUT2D eigenvalue weighted by atomic mass is 9.88. The fourth-order valence-electron chi connectivity index (χ4n) is 9.66. The number of hydrogen-bond acceptors (Lipinski definition) is 8. The van der Waals surface area contributed by atoms with E-state index in [1.165, 1.54) is 12.3 Å². The van der Waals surface area contributed by atoms with Crippen LogP contribution in [0.4, 0.5) is 24.5 Å². The number of piperazine rings is 1. The fraction of sp³-hybridized carbons (Fsp3) is 0.391. The zero-order valence-corrected chi connectivity index (χ0v) is 32.8. The van der Waals surface area contributed by atoms with Crippen molar-refractivity contribution >= 4 is 40.2 Å². The van der Waals surface area contributed by atoms with Crippen LogP contribution in [0.3, 0.4) is 0 Å². The van der Waals surface area contributed by atoms with Crippen LogP contribution in [0.25, 0.3) is 11.1 Å². The molecule has 0 spiro atoms. The molecule has 4 aliphatic heterocycles. The third-order valence-electron chi connectivity index (χ3n) is 12.8. The number of aromatic hydroxyl groups is 1. The number of allylic oxidation sites excluding steroid dienone is 1. The second-order valence-electron chi connectivity index (χ2n) is 16.5. The number of aryl methyl sites for hydroxylation is 1. The van der Waals surface area contributed by atoms with Crippen molar-refractivity contribution in [3.05, 3.63) is 118 Å². The van der Waals surface area contributed by atoms with Gasteiger partial charge in [-0.3, -0.25) is 29.6 Å². The summed E-state index contributed by atoms with van der Waals surface area (Å²) in [6.45, 7) is 7.07. The molecule has 0 radical (unpaired) electrons. The van der Waals surface area contributed by atoms with E-state index >= 15 is 0 Å². The number of alkyl halides is 3. The molecule has 3 saturated heterocycles. The van der Waals surface area contributed by atoms with Gasteiger partial charge in [0.15, 0.2) is 0 Å². The van der Waals surface area contributed by atoms with Crippen LogP contribution in [0.15, 0.2) is 79.0 Å². The van der Waals surface area contributed by atoms with Crippen molar-refractivity contribution in [1.82, 2.24) is 20.1 Å². The highest BCUT2D eigenvalue weighted by atomic mass is 19.4. The number of carbonyl (C=O) groups is 3. The maximum Gasteiger partial charge on any atom is 0.433 e. The van der Waals surface area contributed by atoms with Gasteiger partial charge in [-0.15, -0.1) is 0 Å². The number of nitrogens with one attached hydrogen (secondary N) is 1. The molecule has 0 bridgehead atoms. The Morgan fingerprint density at radius 1 is 0.729 bits per heavy atom. The number of phenols is 1. The summed E-state index contributed by atoms with van der Waals surface area (Å²) in [6, 6.07) is 21.8. The van der Waals surface area contributed by atoms with Crippen LogP contribution in [-0.4, -0.2) is 89.5 Å². The zero-order chi connectivity index (χ0) is 40.8. The summed E-state index contributed by atoms with van der Waals surface area (Å²) in [5.41, 5.74) is 8.45. The molecular weight excluding hydrogens is 758 g/mol. The summed E-state index contributed by atoms with van der Waals surface area (Å²) in [5, 5.41) is 12.7. The van der Waals surface area contributed by atoms with Crippen molar-refractivity contribution in [2.75, 3.05) is 55.6 Å². The number of anilines is 2. The average molecular weight is 805 g/mol. The summed E-state index contributed by atoms with van der Waals surface area (Å²) >= 11 is 0. The number of aromatic nitrogens is 1. The lowest BCUT2D eigenvalue weighted by molar-refractivity contribution is -0.141.